The quantitative estimate of drug-likeness (QED) is 0.417. The van der Waals surface area contributed by atoms with Gasteiger partial charge >= 0.3 is 0 Å². The molecule has 1 saturated heterocycles. The number of fused-ring (bicyclic) bond motifs is 1. The number of hydrogen-bond donors (Lipinski definition) is 2. The molecule has 0 bridgehead atoms. The van der Waals surface area contributed by atoms with Crippen molar-refractivity contribution in [3.8, 4) is 11.3 Å². The molecule has 3 aromatic rings. The number of aromatic nitrogens is 4. The number of hydrogen-bond acceptors (Lipinski definition) is 10. The fourth-order valence-corrected chi connectivity index (χ4v) is 6.08. The lowest BCUT2D eigenvalue weighted by Gasteiger charge is -2.32. The first-order chi connectivity index (χ1) is 20.5. The SMILES string of the molecule is CCNc1cc2c(cn1)c(-c1ccc(CN3CCN(C)CC3)nc1)nn2[C@H]1CC[C@@H](OC2=NN(CC)C(O)C=C2)CC1. The van der Waals surface area contributed by atoms with Crippen LogP contribution in [0.3, 0.4) is 0 Å². The van der Waals surface area contributed by atoms with Crippen LogP contribution in [0.2, 0.25) is 0 Å². The number of nitrogens with zero attached hydrogens (tertiary/aromatic N) is 8. The molecule has 0 aromatic carbocycles. The third-order valence-electron chi connectivity index (χ3n) is 8.57. The van der Waals surface area contributed by atoms with Gasteiger partial charge in [-0.25, -0.2) is 4.98 Å². The first-order valence-corrected chi connectivity index (χ1v) is 15.4. The van der Waals surface area contributed by atoms with E-state index in [1.54, 1.807) is 17.2 Å². The molecule has 0 spiro atoms. The van der Waals surface area contributed by atoms with Crippen molar-refractivity contribution < 1.29 is 9.84 Å². The average molecular weight is 574 g/mol. The third-order valence-corrected chi connectivity index (χ3v) is 8.57. The zero-order valence-electron chi connectivity index (χ0n) is 25.0. The van der Waals surface area contributed by atoms with E-state index in [1.807, 2.05) is 19.3 Å². The van der Waals surface area contributed by atoms with Gasteiger partial charge in [-0.05, 0) is 64.8 Å². The highest BCUT2D eigenvalue weighted by Gasteiger charge is 2.28. The third kappa shape index (κ3) is 6.28. The Labute approximate surface area is 247 Å². The van der Waals surface area contributed by atoms with E-state index in [9.17, 15) is 5.11 Å². The minimum Gasteiger partial charge on any atom is -0.473 e. The van der Waals surface area contributed by atoms with Crippen LogP contribution >= 0.6 is 0 Å². The second-order valence-corrected chi connectivity index (χ2v) is 11.5. The molecule has 11 heteroatoms. The number of likely N-dealkylation sites (N-methyl/N-ethyl adjacent to an activating group) is 2. The fourth-order valence-electron chi connectivity index (χ4n) is 6.08. The summed E-state index contributed by atoms with van der Waals surface area (Å²) < 4.78 is 8.43. The minimum absolute atomic E-state index is 0.0935. The summed E-state index contributed by atoms with van der Waals surface area (Å²) >= 11 is 0. The molecule has 42 heavy (non-hydrogen) atoms. The topological polar surface area (TPSA) is 107 Å². The van der Waals surface area contributed by atoms with Crippen molar-refractivity contribution in [2.24, 2.45) is 5.10 Å². The smallest absolute Gasteiger partial charge is 0.230 e. The molecule has 6 rings (SSSR count). The first-order valence-electron chi connectivity index (χ1n) is 15.4. The average Bonchev–Trinajstić information content (AvgIpc) is 3.39. The second kappa shape index (κ2) is 12.8. The van der Waals surface area contributed by atoms with E-state index < -0.39 is 6.23 Å². The summed E-state index contributed by atoms with van der Waals surface area (Å²) in [6.07, 6.45) is 10.6. The number of aliphatic hydroxyl groups is 1. The molecule has 11 nitrogen and oxygen atoms in total. The maximum atomic E-state index is 10.0. The van der Waals surface area contributed by atoms with Crippen LogP contribution in [0.15, 0.2) is 47.8 Å². The molecule has 1 unspecified atom stereocenters. The predicted octanol–water partition coefficient (Wildman–Crippen LogP) is 3.70. The molecule has 224 valence electrons. The van der Waals surface area contributed by atoms with Gasteiger partial charge in [0.05, 0.1) is 17.3 Å². The molecule has 0 amide bonds. The molecule has 1 aliphatic carbocycles. The van der Waals surface area contributed by atoms with Crippen LogP contribution < -0.4 is 5.32 Å². The van der Waals surface area contributed by atoms with E-state index in [1.165, 1.54) is 0 Å². The van der Waals surface area contributed by atoms with E-state index in [0.717, 1.165) is 98.6 Å². The van der Waals surface area contributed by atoms with Gasteiger partial charge < -0.3 is 20.1 Å². The Morgan fingerprint density at radius 1 is 1.02 bits per heavy atom. The van der Waals surface area contributed by atoms with Gasteiger partial charge in [-0.1, -0.05) is 0 Å². The summed E-state index contributed by atoms with van der Waals surface area (Å²) in [5.41, 5.74) is 4.12. The van der Waals surface area contributed by atoms with Gasteiger partial charge in [-0.3, -0.25) is 19.6 Å². The van der Waals surface area contributed by atoms with Gasteiger partial charge in [0.15, 0.2) is 6.23 Å². The Kier molecular flexibility index (Phi) is 8.68. The summed E-state index contributed by atoms with van der Waals surface area (Å²) in [5.74, 6) is 1.43. The van der Waals surface area contributed by atoms with E-state index in [-0.39, 0.29) is 12.1 Å². The van der Waals surface area contributed by atoms with Crippen LogP contribution in [0.25, 0.3) is 22.2 Å². The van der Waals surface area contributed by atoms with Crippen LogP contribution in [0.5, 0.6) is 0 Å². The first kappa shape index (κ1) is 28.6. The summed E-state index contributed by atoms with van der Waals surface area (Å²) in [7, 11) is 2.18. The molecule has 0 radical (unpaired) electrons. The summed E-state index contributed by atoms with van der Waals surface area (Å²) in [5, 5.41) is 25.7. The Hall–Kier alpha value is -3.54. The Morgan fingerprint density at radius 2 is 1.83 bits per heavy atom. The molecule has 2 fully saturated rings. The Morgan fingerprint density at radius 3 is 2.55 bits per heavy atom. The summed E-state index contributed by atoms with van der Waals surface area (Å²) in [6, 6.07) is 6.69. The molecule has 2 aliphatic heterocycles. The largest absolute Gasteiger partial charge is 0.473 e. The van der Waals surface area contributed by atoms with Crippen molar-refractivity contribution in [2.45, 2.75) is 64.4 Å². The van der Waals surface area contributed by atoms with E-state index in [2.05, 4.69) is 62.1 Å². The number of anilines is 1. The van der Waals surface area contributed by atoms with Crippen molar-refractivity contribution in [2.75, 3.05) is 51.6 Å². The van der Waals surface area contributed by atoms with E-state index in [4.69, 9.17) is 14.8 Å². The van der Waals surface area contributed by atoms with Gasteiger partial charge in [-0.2, -0.15) is 5.10 Å². The normalized spacial score (nSPS) is 23.8. The zero-order valence-corrected chi connectivity index (χ0v) is 25.0. The fraction of sp³-hybridized carbons (Fsp3) is 0.548. The van der Waals surface area contributed by atoms with Crippen LogP contribution in [0.4, 0.5) is 5.82 Å². The predicted molar refractivity (Wildman–Crippen MR) is 165 cm³/mol. The highest BCUT2D eigenvalue weighted by Crippen LogP contribution is 2.36. The van der Waals surface area contributed by atoms with E-state index in [0.29, 0.717) is 12.4 Å². The number of pyridine rings is 2. The lowest BCUT2D eigenvalue weighted by Crippen LogP contribution is -2.43. The maximum absolute atomic E-state index is 10.0. The maximum Gasteiger partial charge on any atom is 0.230 e. The van der Waals surface area contributed by atoms with Gasteiger partial charge in [0.2, 0.25) is 5.90 Å². The van der Waals surface area contributed by atoms with Crippen LogP contribution in [0.1, 0.15) is 51.3 Å². The van der Waals surface area contributed by atoms with Gasteiger partial charge in [0.1, 0.15) is 17.6 Å². The number of rotatable bonds is 8. The van der Waals surface area contributed by atoms with Gasteiger partial charge in [-0.15, -0.1) is 5.10 Å². The summed E-state index contributed by atoms with van der Waals surface area (Å²) in [6.45, 7) is 10.7. The number of hydrazone groups is 1. The van der Waals surface area contributed by atoms with Crippen molar-refractivity contribution in [1.29, 1.82) is 0 Å². The highest BCUT2D eigenvalue weighted by molar-refractivity contribution is 5.94. The molecular weight excluding hydrogens is 530 g/mol. The molecule has 3 aromatic heterocycles. The second-order valence-electron chi connectivity index (χ2n) is 11.5. The monoisotopic (exact) mass is 573 g/mol. The number of nitrogens with one attached hydrogen (secondary N) is 1. The molecule has 2 N–H and O–H groups in total. The van der Waals surface area contributed by atoms with Crippen LogP contribution in [0, 0.1) is 0 Å². The molecule has 5 heterocycles. The summed E-state index contributed by atoms with van der Waals surface area (Å²) in [4.78, 5) is 14.4. The lowest BCUT2D eigenvalue weighted by atomic mass is 9.93. The zero-order chi connectivity index (χ0) is 29.1. The highest BCUT2D eigenvalue weighted by atomic mass is 16.5. The van der Waals surface area contributed by atoms with Crippen molar-refractivity contribution in [3.05, 3.63) is 48.4 Å². The number of aliphatic hydroxyl groups excluding tert-OH is 1. The minimum atomic E-state index is -0.690. The van der Waals surface area contributed by atoms with Crippen LogP contribution in [-0.2, 0) is 11.3 Å². The molecule has 1 saturated carbocycles. The van der Waals surface area contributed by atoms with Gasteiger partial charge in [0.25, 0.3) is 0 Å². The van der Waals surface area contributed by atoms with Gasteiger partial charge in [0, 0.05) is 81.3 Å². The Bertz CT molecular complexity index is 1400. The van der Waals surface area contributed by atoms with Crippen molar-refractivity contribution in [1.82, 2.24) is 34.6 Å². The Balaban J connectivity index is 1.19. The molecular formula is C31H43N9O2. The van der Waals surface area contributed by atoms with Crippen molar-refractivity contribution >= 4 is 22.6 Å². The standard InChI is InChI=1S/C31H43N9O2/c1-4-32-28-18-27-26(20-34-28)31(22-6-7-23(33-19-22)21-38-16-14-37(3)15-17-38)36-40(27)24-8-10-25(11-9-24)42-29-12-13-30(41)39(5-2)35-29/h6-7,12-13,18-20,24-25,30,41H,4-5,8-11,14-17,21H2,1-3H3,(H,32,34)/t24-,25+,30?. The number of ether oxygens (including phenoxy) is 1. The lowest BCUT2D eigenvalue weighted by molar-refractivity contribution is 0.0377. The molecule has 3 aliphatic rings. The number of piperazine rings is 1. The van der Waals surface area contributed by atoms with Crippen molar-refractivity contribution in [3.63, 3.8) is 0 Å². The van der Waals surface area contributed by atoms with Crippen LogP contribution in [-0.4, -0.2) is 104 Å². The van der Waals surface area contributed by atoms with E-state index >= 15 is 0 Å². The molecule has 1 atom stereocenters.